The largest absolute Gasteiger partial charge is 0.481 e. The maximum absolute atomic E-state index is 13.6. The molecule has 0 saturated heterocycles. The third-order valence-corrected chi connectivity index (χ3v) is 25.2. The average Bonchev–Trinajstić information content (AvgIpc) is 0.799. The first kappa shape index (κ1) is 118. The number of rotatable bonds is 46. The summed E-state index contributed by atoms with van der Waals surface area (Å²) in [6.07, 6.45) is -9.85. The van der Waals surface area contributed by atoms with Crippen LogP contribution in [0.25, 0.3) is 0 Å². The van der Waals surface area contributed by atoms with Gasteiger partial charge >= 0.3 is 42.4 Å². The molecule has 0 aliphatic carbocycles. The maximum atomic E-state index is 13.6. The highest BCUT2D eigenvalue weighted by Gasteiger charge is 2.35. The zero-order chi connectivity index (χ0) is 107. The Labute approximate surface area is 863 Å². The maximum Gasteiger partial charge on any atom is 0.416 e. The molecule has 0 radical (unpaired) electrons. The smallest absolute Gasteiger partial charge is 0.416 e. The standard InChI is InChI=1S/2C32H39F3N2O2.C30H38N2O2.C28H31F3N2O2/c1-23-15-27(18-29(16-23)32(33,34)35)22-37(21-24-9-11-28(12-10-24)31(2,3)4)14-6-13-36-20-26-8-5-7-25(17-26)19-30(38)39;1-23-15-27(18-29(16-23)32(33,34)35)22-37(21-26-8-5-7-25(17-26)19-30(38)39)14-6-13-36-20-24-9-11-28(12-10-24)31(2,3)4;1-23-6-8-24(9-7-23)20-31-18-5-19-32(21-25-10-14-27(15-11-25)29(33)34)22-26-12-16-28(17-13-26)30(2,3)4;1-20-4-7-22(8-5-20)17-32-14-3-15-33(18-23-9-11-24(12-10-23)27(34)35)19-25-16-21(2)6-13-26(25)28(29,30)31/h2*5,7-12,15-18,36H,6,13-14,19-22H2,1-4H3,(H,38,39);6-17,31H,5,18-22H2,1-4H3,(H,33,34);4-13,16,32H,3,14-15,17-19H2,1-2H3,(H,34,35). The number of nitrogens with one attached hydrogen (secondary N) is 4. The molecule has 0 fully saturated rings. The quantitative estimate of drug-likeness (QED) is 0.0132. The highest BCUT2D eigenvalue weighted by molar-refractivity contribution is 5.88. The van der Waals surface area contributed by atoms with Crippen molar-refractivity contribution in [3.8, 4) is 0 Å². The first-order chi connectivity index (χ1) is 69.4. The molecule has 0 spiro atoms. The second-order valence-electron chi connectivity index (χ2n) is 41.6. The lowest BCUT2D eigenvalue weighted by atomic mass is 9.86. The molecule has 8 N–H and O–H groups in total. The van der Waals surface area contributed by atoms with E-state index in [1.807, 2.05) is 66.4 Å². The van der Waals surface area contributed by atoms with Crippen LogP contribution in [0.1, 0.15) is 248 Å². The van der Waals surface area contributed by atoms with E-state index in [0.717, 1.165) is 136 Å². The van der Waals surface area contributed by atoms with Gasteiger partial charge in [0.15, 0.2) is 0 Å². The summed E-state index contributed by atoms with van der Waals surface area (Å²) >= 11 is 0. The van der Waals surface area contributed by atoms with Crippen LogP contribution in [-0.2, 0) is 136 Å². The number of carboxylic acids is 4. The van der Waals surface area contributed by atoms with E-state index in [2.05, 4.69) is 227 Å². The van der Waals surface area contributed by atoms with Crippen LogP contribution in [0, 0.1) is 34.6 Å². The van der Waals surface area contributed by atoms with Gasteiger partial charge in [-0.05, 0) is 252 Å². The molecule has 12 rings (SSSR count). The fraction of sp³-hybridized carbons (Fsp3) is 0.377. The minimum atomic E-state index is -4.42. The summed E-state index contributed by atoms with van der Waals surface area (Å²) < 4.78 is 121. The molecule has 0 aliphatic rings. The zero-order valence-corrected chi connectivity index (χ0v) is 87.5. The predicted molar refractivity (Wildman–Crippen MR) is 570 cm³/mol. The van der Waals surface area contributed by atoms with E-state index in [1.165, 1.54) is 92.5 Å². The summed E-state index contributed by atoms with van der Waals surface area (Å²) in [6.45, 7) is 42.3. The van der Waals surface area contributed by atoms with Crippen molar-refractivity contribution in [1.29, 1.82) is 0 Å². The van der Waals surface area contributed by atoms with E-state index in [0.29, 0.717) is 92.3 Å². The average molecular weight is 2020 g/mol. The topological polar surface area (TPSA) is 210 Å². The van der Waals surface area contributed by atoms with E-state index in [9.17, 15) is 63.8 Å². The molecule has 16 nitrogen and oxygen atoms in total. The fourth-order valence-corrected chi connectivity index (χ4v) is 17.2. The summed E-state index contributed by atoms with van der Waals surface area (Å²) in [4.78, 5) is 53.2. The van der Waals surface area contributed by atoms with Gasteiger partial charge in [-0.3, -0.25) is 29.2 Å². The molecule has 0 bridgehead atoms. The van der Waals surface area contributed by atoms with Gasteiger partial charge in [0.25, 0.3) is 0 Å². The van der Waals surface area contributed by atoms with Gasteiger partial charge in [0.05, 0.1) is 40.7 Å². The fourth-order valence-electron chi connectivity index (χ4n) is 17.2. The molecular weight excluding hydrogens is 1880 g/mol. The molecule has 0 atom stereocenters. The van der Waals surface area contributed by atoms with Crippen molar-refractivity contribution in [3.63, 3.8) is 0 Å². The molecule has 0 heterocycles. The highest BCUT2D eigenvalue weighted by atomic mass is 19.4. The summed E-state index contributed by atoms with van der Waals surface area (Å²) in [6, 6.07) is 84.2. The number of carboxylic acid groups (broad SMARTS) is 4. The Bertz CT molecular complexity index is 6100. The summed E-state index contributed by atoms with van der Waals surface area (Å²) in [5.74, 6) is -3.66. The van der Waals surface area contributed by atoms with Crippen molar-refractivity contribution in [2.24, 2.45) is 0 Å². The van der Waals surface area contributed by atoms with E-state index < -0.39 is 59.1 Å². The number of aryl methyl sites for hydroxylation is 5. The normalized spacial score (nSPS) is 12.0. The number of nitrogens with zero attached hydrogens (tertiary/aromatic N) is 4. The lowest BCUT2D eigenvalue weighted by Crippen LogP contribution is -2.28. The Morgan fingerprint density at radius 1 is 0.252 bits per heavy atom. The number of alkyl halides is 9. The molecule has 0 amide bonds. The molecule has 0 saturated carbocycles. The molecule has 12 aromatic carbocycles. The van der Waals surface area contributed by atoms with E-state index in [1.54, 1.807) is 69.3 Å². The molecule has 0 aliphatic heterocycles. The molecule has 25 heteroatoms. The van der Waals surface area contributed by atoms with Crippen LogP contribution in [0.3, 0.4) is 0 Å². The Balaban J connectivity index is 0.000000218. The van der Waals surface area contributed by atoms with Crippen molar-refractivity contribution < 1.29 is 79.1 Å². The minimum absolute atomic E-state index is 0.00541. The van der Waals surface area contributed by atoms with Crippen molar-refractivity contribution in [3.05, 3.63) is 423 Å². The second kappa shape index (κ2) is 56.6. The number of hydrogen-bond acceptors (Lipinski definition) is 12. The van der Waals surface area contributed by atoms with Crippen molar-refractivity contribution >= 4 is 23.9 Å². The van der Waals surface area contributed by atoms with Gasteiger partial charge in [-0.25, -0.2) is 9.59 Å². The van der Waals surface area contributed by atoms with Crippen LogP contribution >= 0.6 is 0 Å². The molecule has 0 aromatic heterocycles. The summed E-state index contributed by atoms with van der Waals surface area (Å²) in [5.41, 5.74) is 20.3. The number of aliphatic carboxylic acids is 2. The van der Waals surface area contributed by atoms with Crippen LogP contribution < -0.4 is 21.3 Å². The molecule has 786 valence electrons. The predicted octanol–water partition coefficient (Wildman–Crippen LogP) is 26.6. The van der Waals surface area contributed by atoms with Crippen LogP contribution in [-0.4, -0.2) is 116 Å². The van der Waals surface area contributed by atoms with Gasteiger partial charge in [-0.1, -0.05) is 309 Å². The lowest BCUT2D eigenvalue weighted by molar-refractivity contribution is -0.139. The zero-order valence-electron chi connectivity index (χ0n) is 87.5. The van der Waals surface area contributed by atoms with Crippen LogP contribution in [0.15, 0.2) is 273 Å². The van der Waals surface area contributed by atoms with Gasteiger partial charge < -0.3 is 41.7 Å². The first-order valence-electron chi connectivity index (χ1n) is 50.3. The molecule has 12 aromatic rings. The monoisotopic (exact) mass is 2020 g/mol. The number of benzene rings is 12. The SMILES string of the molecule is Cc1cc(CN(CCCNCc2ccc(C(C)(C)C)cc2)Cc2cccc(CC(=O)O)c2)cc(C(F)(F)F)c1.Cc1cc(CN(CCCNCc2cccc(CC(=O)O)c2)Cc2ccc(C(C)(C)C)cc2)cc(C(F)(F)F)c1.Cc1ccc(CNCCCN(Cc2ccc(C(=O)O)cc2)Cc2cc(C)ccc2C(F)(F)F)cc1.Cc1ccc(CNCCCN(Cc2ccc(C(=O)O)cc2)Cc2ccc(C(C)(C)C)cc2)cc1. The van der Waals surface area contributed by atoms with Crippen molar-refractivity contribution in [1.82, 2.24) is 40.9 Å². The van der Waals surface area contributed by atoms with Crippen LogP contribution in [0.4, 0.5) is 39.5 Å². The van der Waals surface area contributed by atoms with Crippen LogP contribution in [0.2, 0.25) is 0 Å². The number of halogens is 9. The summed E-state index contributed by atoms with van der Waals surface area (Å²) in [7, 11) is 0. The third-order valence-electron chi connectivity index (χ3n) is 25.2. The minimum Gasteiger partial charge on any atom is -0.481 e. The molecule has 0 unspecified atom stereocenters. The van der Waals surface area contributed by atoms with Gasteiger partial charge in [0, 0.05) is 105 Å². The van der Waals surface area contributed by atoms with Crippen molar-refractivity contribution in [2.75, 3.05) is 52.4 Å². The van der Waals surface area contributed by atoms with E-state index in [-0.39, 0.29) is 46.8 Å². The number of hydrogen-bond donors (Lipinski definition) is 8. The van der Waals surface area contributed by atoms with Gasteiger partial charge in [0.2, 0.25) is 0 Å². The van der Waals surface area contributed by atoms with Gasteiger partial charge in [-0.2, -0.15) is 39.5 Å². The van der Waals surface area contributed by atoms with Crippen LogP contribution in [0.5, 0.6) is 0 Å². The Morgan fingerprint density at radius 2 is 0.524 bits per heavy atom. The van der Waals surface area contributed by atoms with E-state index >= 15 is 0 Å². The second-order valence-corrected chi connectivity index (χ2v) is 41.6. The first-order valence-corrected chi connectivity index (χ1v) is 50.3. The Morgan fingerprint density at radius 3 is 0.837 bits per heavy atom. The van der Waals surface area contributed by atoms with Crippen molar-refractivity contribution in [2.45, 2.75) is 249 Å². The van der Waals surface area contributed by atoms with E-state index in [4.69, 9.17) is 15.3 Å². The molecule has 147 heavy (non-hydrogen) atoms. The lowest BCUT2D eigenvalue weighted by Gasteiger charge is -2.25. The Hall–Kier alpha value is -12.4. The Kier molecular flexibility index (Phi) is 45.5. The van der Waals surface area contributed by atoms with Gasteiger partial charge in [0.1, 0.15) is 0 Å². The summed E-state index contributed by atoms with van der Waals surface area (Å²) in [5, 5.41) is 50.3. The number of aromatic carboxylic acids is 2. The highest BCUT2D eigenvalue weighted by Crippen LogP contribution is 2.37. The molecular formula is C122H147F9N8O8. The van der Waals surface area contributed by atoms with Gasteiger partial charge in [-0.15, -0.1) is 0 Å². The number of carbonyl (C=O) groups is 4. The third kappa shape index (κ3) is 43.5.